The number of esters is 2. The number of carbonyl (C=O) groups is 2. The average molecular weight is 457 g/mol. The third kappa shape index (κ3) is 5.24. The van der Waals surface area contributed by atoms with Crippen molar-refractivity contribution in [1.29, 1.82) is 0 Å². The Balaban J connectivity index is 2.10. The van der Waals surface area contributed by atoms with Crippen molar-refractivity contribution in [1.82, 2.24) is 8.75 Å². The van der Waals surface area contributed by atoms with Gasteiger partial charge in [0.05, 0.1) is 31.0 Å². The van der Waals surface area contributed by atoms with E-state index in [0.29, 0.717) is 35.2 Å². The Hall–Kier alpha value is -3.00. The van der Waals surface area contributed by atoms with Gasteiger partial charge >= 0.3 is 11.9 Å². The van der Waals surface area contributed by atoms with Gasteiger partial charge < -0.3 is 14.2 Å². The number of hydrogen-bond donors (Lipinski definition) is 0. The monoisotopic (exact) mass is 456 g/mol. The smallest absolute Gasteiger partial charge is 0.352 e. The summed E-state index contributed by atoms with van der Waals surface area (Å²) < 4.78 is 25.2. The molecular formula is C24H28N2O5S. The lowest BCUT2D eigenvalue weighted by atomic mass is 9.97. The van der Waals surface area contributed by atoms with E-state index >= 15 is 0 Å². The van der Waals surface area contributed by atoms with Crippen molar-refractivity contribution in [2.24, 2.45) is 0 Å². The lowest BCUT2D eigenvalue weighted by molar-refractivity contribution is -0.151. The van der Waals surface area contributed by atoms with Crippen LogP contribution in [0.25, 0.3) is 11.0 Å². The number of carbonyl (C=O) groups excluding carboxylic acids is 2. The fraction of sp³-hybridized carbons (Fsp3) is 0.417. The molecule has 0 bridgehead atoms. The van der Waals surface area contributed by atoms with Crippen molar-refractivity contribution in [2.75, 3.05) is 13.7 Å². The zero-order valence-electron chi connectivity index (χ0n) is 18.8. The molecule has 8 heteroatoms. The number of aryl methyl sites for hydroxylation is 2. The number of ether oxygens (including phenoxy) is 3. The molecule has 3 aromatic rings. The van der Waals surface area contributed by atoms with Crippen LogP contribution in [0.1, 0.15) is 66.8 Å². The van der Waals surface area contributed by atoms with E-state index in [1.807, 2.05) is 18.2 Å². The number of fused-ring (bicyclic) bond motifs is 1. The fourth-order valence-corrected chi connectivity index (χ4v) is 4.12. The molecule has 1 atom stereocenters. The van der Waals surface area contributed by atoms with Crippen LogP contribution in [0.15, 0.2) is 30.3 Å². The molecule has 7 nitrogen and oxygen atoms in total. The van der Waals surface area contributed by atoms with Crippen molar-refractivity contribution >= 4 is 34.7 Å². The van der Waals surface area contributed by atoms with Crippen molar-refractivity contribution in [3.05, 3.63) is 52.6 Å². The number of nitrogens with zero attached hydrogens (tertiary/aromatic N) is 2. The summed E-state index contributed by atoms with van der Waals surface area (Å²) in [4.78, 5) is 25.2. The van der Waals surface area contributed by atoms with E-state index < -0.39 is 18.0 Å². The van der Waals surface area contributed by atoms with Crippen LogP contribution < -0.4 is 4.74 Å². The molecule has 0 amide bonds. The molecule has 0 fully saturated rings. The highest BCUT2D eigenvalue weighted by Gasteiger charge is 2.28. The predicted octanol–water partition coefficient (Wildman–Crippen LogP) is 5.07. The third-order valence-corrected chi connectivity index (χ3v) is 5.58. The second kappa shape index (κ2) is 11.0. The minimum Gasteiger partial charge on any atom is -0.473 e. The predicted molar refractivity (Wildman–Crippen MR) is 123 cm³/mol. The molecule has 1 heterocycles. The van der Waals surface area contributed by atoms with E-state index in [1.54, 1.807) is 19.1 Å². The first kappa shape index (κ1) is 23.7. The van der Waals surface area contributed by atoms with Crippen molar-refractivity contribution in [3.8, 4) is 5.75 Å². The number of hydrogen-bond acceptors (Lipinski definition) is 8. The van der Waals surface area contributed by atoms with Gasteiger partial charge in [0.1, 0.15) is 16.8 Å². The Morgan fingerprint density at radius 3 is 2.22 bits per heavy atom. The van der Waals surface area contributed by atoms with E-state index in [-0.39, 0.29) is 6.61 Å². The Kier molecular flexibility index (Phi) is 8.16. The van der Waals surface area contributed by atoms with Crippen molar-refractivity contribution in [3.63, 3.8) is 0 Å². The molecular weight excluding hydrogens is 428 g/mol. The molecule has 0 aliphatic carbocycles. The van der Waals surface area contributed by atoms with Crippen LogP contribution in [-0.4, -0.2) is 34.4 Å². The molecule has 0 spiro atoms. The summed E-state index contributed by atoms with van der Waals surface area (Å²) in [5, 5.41) is 0. The van der Waals surface area contributed by atoms with Gasteiger partial charge in [-0.25, -0.2) is 9.59 Å². The Bertz CT molecular complexity index is 1070. The maximum absolute atomic E-state index is 12.9. The average Bonchev–Trinajstić information content (AvgIpc) is 3.26. The first-order chi connectivity index (χ1) is 15.5. The van der Waals surface area contributed by atoms with Crippen LogP contribution in [0, 0.1) is 0 Å². The lowest BCUT2D eigenvalue weighted by Gasteiger charge is -2.23. The highest BCUT2D eigenvalue weighted by Crippen LogP contribution is 2.34. The number of aromatic nitrogens is 2. The Labute approximate surface area is 192 Å². The summed E-state index contributed by atoms with van der Waals surface area (Å²) in [6.45, 7) is 6.11. The first-order valence-corrected chi connectivity index (χ1v) is 11.5. The summed E-state index contributed by atoms with van der Waals surface area (Å²) in [6.07, 6.45) is 2.14. The van der Waals surface area contributed by atoms with Crippen LogP contribution >= 0.6 is 11.7 Å². The van der Waals surface area contributed by atoms with Gasteiger partial charge in [0.15, 0.2) is 0 Å². The molecule has 0 aliphatic rings. The van der Waals surface area contributed by atoms with Gasteiger partial charge in [-0.3, -0.25) is 0 Å². The standard InChI is InChI=1S/C24H28N2O5S/c1-5-8-15-12-18(23(27)29-4)13-16(9-6-2)21(15)31-22(24(28)30-7-3)17-10-11-19-20(14-17)26-32-25-19/h10-14,22H,5-9H2,1-4H3. The second-order valence-electron chi connectivity index (χ2n) is 7.38. The molecule has 0 saturated heterocycles. The van der Waals surface area contributed by atoms with Crippen LogP contribution in [0.2, 0.25) is 0 Å². The second-order valence-corrected chi connectivity index (χ2v) is 7.91. The summed E-state index contributed by atoms with van der Waals surface area (Å²) in [5.74, 6) is -0.248. The molecule has 0 N–H and O–H groups in total. The molecule has 1 aromatic heterocycles. The highest BCUT2D eigenvalue weighted by atomic mass is 32.1. The topological polar surface area (TPSA) is 87.6 Å². The molecule has 0 aliphatic heterocycles. The van der Waals surface area contributed by atoms with E-state index in [4.69, 9.17) is 14.2 Å². The summed E-state index contributed by atoms with van der Waals surface area (Å²) in [6, 6.07) is 9.03. The number of rotatable bonds is 10. The number of methoxy groups -OCH3 is 1. The van der Waals surface area contributed by atoms with Gasteiger partial charge in [0.2, 0.25) is 6.10 Å². The Morgan fingerprint density at radius 2 is 1.62 bits per heavy atom. The van der Waals surface area contributed by atoms with Crippen molar-refractivity contribution < 1.29 is 23.8 Å². The van der Waals surface area contributed by atoms with Crippen LogP contribution in [0.3, 0.4) is 0 Å². The number of benzene rings is 2. The SMILES string of the molecule is CCCc1cc(C(=O)OC)cc(CCC)c1OC(C(=O)OCC)c1ccc2nsnc2c1. The van der Waals surface area contributed by atoms with Gasteiger partial charge in [0.25, 0.3) is 0 Å². The van der Waals surface area contributed by atoms with Gasteiger partial charge in [-0.2, -0.15) is 8.75 Å². The summed E-state index contributed by atoms with van der Waals surface area (Å²) >= 11 is 1.12. The van der Waals surface area contributed by atoms with Crippen molar-refractivity contribution in [2.45, 2.75) is 52.6 Å². The van der Waals surface area contributed by atoms with E-state index in [2.05, 4.69) is 22.6 Å². The zero-order chi connectivity index (χ0) is 23.1. The molecule has 2 aromatic carbocycles. The molecule has 3 rings (SSSR count). The van der Waals surface area contributed by atoms with E-state index in [0.717, 1.165) is 41.2 Å². The maximum Gasteiger partial charge on any atom is 0.352 e. The van der Waals surface area contributed by atoms with Gasteiger partial charge in [0, 0.05) is 5.56 Å². The minimum absolute atomic E-state index is 0.240. The Morgan fingerprint density at radius 1 is 0.969 bits per heavy atom. The van der Waals surface area contributed by atoms with Crippen LogP contribution in [0.4, 0.5) is 0 Å². The summed E-state index contributed by atoms with van der Waals surface area (Å²) in [5.41, 5.74) is 4.32. The molecule has 170 valence electrons. The van der Waals surface area contributed by atoms with Gasteiger partial charge in [-0.05, 0) is 55.2 Å². The third-order valence-electron chi connectivity index (χ3n) is 5.02. The summed E-state index contributed by atoms with van der Waals surface area (Å²) in [7, 11) is 1.37. The van der Waals surface area contributed by atoms with Gasteiger partial charge in [-0.1, -0.05) is 32.8 Å². The van der Waals surface area contributed by atoms with E-state index in [9.17, 15) is 9.59 Å². The van der Waals surface area contributed by atoms with Gasteiger partial charge in [-0.15, -0.1) is 0 Å². The molecule has 0 radical (unpaired) electrons. The lowest BCUT2D eigenvalue weighted by Crippen LogP contribution is -2.23. The maximum atomic E-state index is 12.9. The molecule has 32 heavy (non-hydrogen) atoms. The molecule has 1 unspecified atom stereocenters. The largest absolute Gasteiger partial charge is 0.473 e. The minimum atomic E-state index is -0.962. The van der Waals surface area contributed by atoms with E-state index in [1.165, 1.54) is 7.11 Å². The first-order valence-electron chi connectivity index (χ1n) is 10.8. The van der Waals surface area contributed by atoms with Crippen LogP contribution in [-0.2, 0) is 27.1 Å². The quantitative estimate of drug-likeness (QED) is 0.394. The molecule has 0 saturated carbocycles. The highest BCUT2D eigenvalue weighted by molar-refractivity contribution is 7.00. The van der Waals surface area contributed by atoms with Crippen LogP contribution in [0.5, 0.6) is 5.75 Å². The fourth-order valence-electron chi connectivity index (χ4n) is 3.60. The zero-order valence-corrected chi connectivity index (χ0v) is 19.7. The normalized spacial score (nSPS) is 11.9.